The van der Waals surface area contributed by atoms with E-state index >= 15 is 0 Å². The molecule has 0 unspecified atom stereocenters. The zero-order valence-electron chi connectivity index (χ0n) is 9.12. The third-order valence-electron chi connectivity index (χ3n) is 2.68. The van der Waals surface area contributed by atoms with E-state index in [2.05, 4.69) is 4.84 Å². The quantitative estimate of drug-likeness (QED) is 0.753. The van der Waals surface area contributed by atoms with Gasteiger partial charge in [-0.2, -0.15) is 0 Å². The van der Waals surface area contributed by atoms with Gasteiger partial charge in [-0.3, -0.25) is 0 Å². The molecule has 16 heavy (non-hydrogen) atoms. The number of rotatable bonds is 6. The largest absolute Gasteiger partial charge is 0.493 e. The van der Waals surface area contributed by atoms with Crippen LogP contribution < -0.4 is 10.6 Å². The molecule has 1 aliphatic rings. The van der Waals surface area contributed by atoms with Gasteiger partial charge in [0.1, 0.15) is 11.6 Å². The van der Waals surface area contributed by atoms with Crippen LogP contribution in [0.1, 0.15) is 18.4 Å². The van der Waals surface area contributed by atoms with Gasteiger partial charge in [0.05, 0.1) is 13.2 Å². The Labute approximate surface area is 94.3 Å². The highest BCUT2D eigenvalue weighted by molar-refractivity contribution is 5.34. The molecule has 0 spiro atoms. The topological polar surface area (TPSA) is 44.5 Å². The molecule has 0 saturated heterocycles. The molecule has 1 saturated carbocycles. The highest BCUT2D eigenvalue weighted by atomic mass is 19.1. The van der Waals surface area contributed by atoms with E-state index in [0.717, 1.165) is 17.9 Å². The fraction of sp³-hybridized carbons (Fsp3) is 0.500. The monoisotopic (exact) mass is 225 g/mol. The van der Waals surface area contributed by atoms with Crippen LogP contribution in [0.2, 0.25) is 0 Å². The van der Waals surface area contributed by atoms with E-state index in [1.807, 2.05) is 0 Å². The predicted octanol–water partition coefficient (Wildman–Crippen LogP) is 2.05. The molecule has 0 amide bonds. The third-order valence-corrected chi connectivity index (χ3v) is 2.68. The van der Waals surface area contributed by atoms with Crippen molar-refractivity contribution in [1.29, 1.82) is 0 Å². The summed E-state index contributed by atoms with van der Waals surface area (Å²) in [5, 5.41) is 0. The molecule has 0 heterocycles. The van der Waals surface area contributed by atoms with Crippen molar-refractivity contribution in [3.63, 3.8) is 0 Å². The normalized spacial score (nSPS) is 15.1. The minimum absolute atomic E-state index is 0.259. The van der Waals surface area contributed by atoms with E-state index in [0.29, 0.717) is 18.9 Å². The van der Waals surface area contributed by atoms with Crippen LogP contribution in [-0.4, -0.2) is 13.2 Å². The van der Waals surface area contributed by atoms with E-state index in [1.165, 1.54) is 25.0 Å². The van der Waals surface area contributed by atoms with Gasteiger partial charge in [0, 0.05) is 6.42 Å². The van der Waals surface area contributed by atoms with Crippen LogP contribution in [0.15, 0.2) is 18.2 Å². The second-order valence-corrected chi connectivity index (χ2v) is 4.13. The molecule has 1 aromatic rings. The molecular formula is C12H16FNO2. The van der Waals surface area contributed by atoms with Crippen LogP contribution >= 0.6 is 0 Å². The fourth-order valence-electron chi connectivity index (χ4n) is 1.55. The highest BCUT2D eigenvalue weighted by Gasteiger charge is 2.22. The SMILES string of the molecule is NOCCc1cc(F)ccc1OCC1CC1. The summed E-state index contributed by atoms with van der Waals surface area (Å²) < 4.78 is 18.7. The van der Waals surface area contributed by atoms with Gasteiger partial charge in [-0.1, -0.05) is 0 Å². The standard InChI is InChI=1S/C12H16FNO2/c13-11-3-4-12(15-8-9-1-2-9)10(7-11)5-6-16-14/h3-4,7,9H,1-2,5-6,8,14H2. The molecule has 88 valence electrons. The van der Waals surface area contributed by atoms with Gasteiger partial charge in [0.25, 0.3) is 0 Å². The lowest BCUT2D eigenvalue weighted by atomic mass is 10.1. The maximum absolute atomic E-state index is 13.1. The number of nitrogens with two attached hydrogens (primary N) is 1. The molecule has 0 aliphatic heterocycles. The Kier molecular flexibility index (Phi) is 3.74. The minimum atomic E-state index is -0.259. The molecule has 1 aliphatic carbocycles. The molecule has 3 nitrogen and oxygen atoms in total. The van der Waals surface area contributed by atoms with Gasteiger partial charge in [-0.25, -0.2) is 10.3 Å². The summed E-state index contributed by atoms with van der Waals surface area (Å²) in [6.45, 7) is 1.09. The second kappa shape index (κ2) is 5.27. The van der Waals surface area contributed by atoms with Crippen LogP contribution in [0.25, 0.3) is 0 Å². The number of benzene rings is 1. The molecule has 1 aromatic carbocycles. The number of hydrogen-bond donors (Lipinski definition) is 1. The summed E-state index contributed by atoms with van der Waals surface area (Å²) in [6.07, 6.45) is 3.04. The first-order valence-corrected chi connectivity index (χ1v) is 5.52. The molecule has 0 bridgehead atoms. The van der Waals surface area contributed by atoms with E-state index < -0.39 is 0 Å². The lowest BCUT2D eigenvalue weighted by molar-refractivity contribution is 0.140. The average molecular weight is 225 g/mol. The number of hydrogen-bond acceptors (Lipinski definition) is 3. The number of halogens is 1. The van der Waals surface area contributed by atoms with Crippen molar-refractivity contribution in [1.82, 2.24) is 0 Å². The Bertz CT molecular complexity index is 353. The maximum atomic E-state index is 13.1. The van der Waals surface area contributed by atoms with Crippen molar-refractivity contribution in [3.8, 4) is 5.75 Å². The van der Waals surface area contributed by atoms with E-state index in [1.54, 1.807) is 6.07 Å². The van der Waals surface area contributed by atoms with E-state index in [-0.39, 0.29) is 5.82 Å². The molecule has 2 N–H and O–H groups in total. The Morgan fingerprint density at radius 1 is 1.38 bits per heavy atom. The van der Waals surface area contributed by atoms with Crippen molar-refractivity contribution in [2.45, 2.75) is 19.3 Å². The molecular weight excluding hydrogens is 209 g/mol. The van der Waals surface area contributed by atoms with Crippen molar-refractivity contribution in [2.75, 3.05) is 13.2 Å². The van der Waals surface area contributed by atoms with Crippen LogP contribution in [0.3, 0.4) is 0 Å². The molecule has 0 atom stereocenters. The Hall–Kier alpha value is -1.13. The summed E-state index contributed by atoms with van der Waals surface area (Å²) in [5.41, 5.74) is 0.811. The zero-order chi connectivity index (χ0) is 11.4. The Balaban J connectivity index is 2.00. The maximum Gasteiger partial charge on any atom is 0.123 e. The summed E-state index contributed by atoms with van der Waals surface area (Å²) in [6, 6.07) is 4.56. The van der Waals surface area contributed by atoms with Crippen LogP contribution in [0.5, 0.6) is 5.75 Å². The highest BCUT2D eigenvalue weighted by Crippen LogP contribution is 2.30. The van der Waals surface area contributed by atoms with Gasteiger partial charge in [0.15, 0.2) is 0 Å². The first-order valence-electron chi connectivity index (χ1n) is 5.52. The van der Waals surface area contributed by atoms with Crippen molar-refractivity contribution in [2.24, 2.45) is 11.8 Å². The molecule has 1 fully saturated rings. The molecule has 2 rings (SSSR count). The Morgan fingerprint density at radius 3 is 2.88 bits per heavy atom. The zero-order valence-corrected chi connectivity index (χ0v) is 9.12. The summed E-state index contributed by atoms with van der Waals surface area (Å²) in [5.74, 6) is 6.13. The minimum Gasteiger partial charge on any atom is -0.493 e. The summed E-state index contributed by atoms with van der Waals surface area (Å²) >= 11 is 0. The smallest absolute Gasteiger partial charge is 0.123 e. The van der Waals surface area contributed by atoms with Crippen molar-refractivity contribution < 1.29 is 14.0 Å². The molecule has 4 heteroatoms. The fourth-order valence-corrected chi connectivity index (χ4v) is 1.55. The van der Waals surface area contributed by atoms with Crippen LogP contribution in [-0.2, 0) is 11.3 Å². The Morgan fingerprint density at radius 2 is 2.19 bits per heavy atom. The first kappa shape index (κ1) is 11.4. The first-order chi connectivity index (χ1) is 7.79. The third kappa shape index (κ3) is 3.18. The van der Waals surface area contributed by atoms with Gasteiger partial charge in [-0.05, 0) is 42.5 Å². The lowest BCUT2D eigenvalue weighted by Crippen LogP contribution is -2.07. The van der Waals surface area contributed by atoms with E-state index in [4.69, 9.17) is 10.6 Å². The van der Waals surface area contributed by atoms with Crippen molar-refractivity contribution >= 4 is 0 Å². The number of ether oxygens (including phenoxy) is 1. The lowest BCUT2D eigenvalue weighted by Gasteiger charge is -2.10. The summed E-state index contributed by atoms with van der Waals surface area (Å²) in [4.78, 5) is 4.50. The van der Waals surface area contributed by atoms with Gasteiger partial charge >= 0.3 is 0 Å². The second-order valence-electron chi connectivity index (χ2n) is 4.13. The van der Waals surface area contributed by atoms with Crippen LogP contribution in [0.4, 0.5) is 4.39 Å². The molecule has 0 radical (unpaired) electrons. The summed E-state index contributed by atoms with van der Waals surface area (Å²) in [7, 11) is 0. The van der Waals surface area contributed by atoms with Gasteiger partial charge in [-0.15, -0.1) is 0 Å². The van der Waals surface area contributed by atoms with Gasteiger partial charge < -0.3 is 9.57 Å². The van der Waals surface area contributed by atoms with Crippen LogP contribution in [0, 0.1) is 11.7 Å². The van der Waals surface area contributed by atoms with E-state index in [9.17, 15) is 4.39 Å². The average Bonchev–Trinajstić information content (AvgIpc) is 3.09. The molecule has 0 aromatic heterocycles. The predicted molar refractivity (Wildman–Crippen MR) is 58.5 cm³/mol. The van der Waals surface area contributed by atoms with Gasteiger partial charge in [0.2, 0.25) is 0 Å². The van der Waals surface area contributed by atoms with Crippen molar-refractivity contribution in [3.05, 3.63) is 29.6 Å².